The van der Waals surface area contributed by atoms with E-state index in [0.717, 1.165) is 4.47 Å². The van der Waals surface area contributed by atoms with E-state index in [2.05, 4.69) is 15.9 Å². The van der Waals surface area contributed by atoms with Crippen molar-refractivity contribution < 1.29 is 9.53 Å². The number of hydrogen-bond acceptors (Lipinski definition) is 3. The molecule has 0 atom stereocenters. The molecule has 2 nitrogen and oxygen atoms in total. The molecule has 1 aromatic carbocycles. The van der Waals surface area contributed by atoms with Gasteiger partial charge in [0.2, 0.25) is 0 Å². The van der Waals surface area contributed by atoms with E-state index in [0.29, 0.717) is 10.6 Å². The van der Waals surface area contributed by atoms with Gasteiger partial charge in [0, 0.05) is 4.47 Å². The molecule has 0 radical (unpaired) electrons. The van der Waals surface area contributed by atoms with Crippen LogP contribution in [-0.4, -0.2) is 5.97 Å². The van der Waals surface area contributed by atoms with Gasteiger partial charge in [-0.2, -0.15) is 0 Å². The Bertz CT molecular complexity index is 465. The third-order valence-electron chi connectivity index (χ3n) is 1.73. The van der Waals surface area contributed by atoms with Crippen molar-refractivity contribution in [3.05, 3.63) is 51.1 Å². The Morgan fingerprint density at radius 1 is 1.27 bits per heavy atom. The minimum absolute atomic E-state index is 0.317. The lowest BCUT2D eigenvalue weighted by Gasteiger charge is -2.02. The first kappa shape index (κ1) is 10.4. The summed E-state index contributed by atoms with van der Waals surface area (Å²) in [6, 6.07) is 10.8. The Balaban J connectivity index is 2.13. The quantitative estimate of drug-likeness (QED) is 0.620. The van der Waals surface area contributed by atoms with Crippen molar-refractivity contribution in [3.63, 3.8) is 0 Å². The standard InChI is InChI=1S/C11H7BrO2S/c12-8-3-1-4-9(7-8)14-11(13)10-5-2-6-15-10/h1-7H. The van der Waals surface area contributed by atoms with Gasteiger partial charge in [-0.05, 0) is 29.6 Å². The number of carbonyl (C=O) groups is 1. The average Bonchev–Trinajstić information content (AvgIpc) is 2.70. The molecule has 0 unspecified atom stereocenters. The number of ether oxygens (including phenoxy) is 1. The second-order valence-electron chi connectivity index (χ2n) is 2.82. The van der Waals surface area contributed by atoms with Crippen molar-refractivity contribution in [2.24, 2.45) is 0 Å². The fourth-order valence-corrected chi connectivity index (χ4v) is 2.06. The van der Waals surface area contributed by atoms with E-state index in [9.17, 15) is 4.79 Å². The first-order valence-corrected chi connectivity index (χ1v) is 5.94. The second kappa shape index (κ2) is 4.59. The summed E-state index contributed by atoms with van der Waals surface area (Å²) in [6.45, 7) is 0. The lowest BCUT2D eigenvalue weighted by atomic mass is 10.3. The van der Waals surface area contributed by atoms with E-state index in [1.54, 1.807) is 18.2 Å². The zero-order valence-electron chi connectivity index (χ0n) is 7.64. The molecule has 76 valence electrons. The number of carbonyl (C=O) groups excluding carboxylic acids is 1. The Morgan fingerprint density at radius 2 is 2.13 bits per heavy atom. The van der Waals surface area contributed by atoms with Crippen LogP contribution in [0.5, 0.6) is 5.75 Å². The van der Waals surface area contributed by atoms with Gasteiger partial charge in [0.25, 0.3) is 0 Å². The third-order valence-corrected chi connectivity index (χ3v) is 3.07. The second-order valence-corrected chi connectivity index (χ2v) is 4.69. The predicted octanol–water partition coefficient (Wildman–Crippen LogP) is 3.73. The summed E-state index contributed by atoms with van der Waals surface area (Å²) in [4.78, 5) is 12.2. The number of halogens is 1. The maximum Gasteiger partial charge on any atom is 0.353 e. The molecule has 0 aliphatic rings. The van der Waals surface area contributed by atoms with Crippen molar-refractivity contribution in [1.29, 1.82) is 0 Å². The van der Waals surface area contributed by atoms with Crippen LogP contribution in [0, 0.1) is 0 Å². The Hall–Kier alpha value is -1.13. The first-order chi connectivity index (χ1) is 7.25. The minimum Gasteiger partial charge on any atom is -0.422 e. The largest absolute Gasteiger partial charge is 0.422 e. The van der Waals surface area contributed by atoms with Crippen molar-refractivity contribution >= 4 is 33.2 Å². The van der Waals surface area contributed by atoms with Gasteiger partial charge in [-0.25, -0.2) is 4.79 Å². The topological polar surface area (TPSA) is 26.3 Å². The molecule has 4 heteroatoms. The maximum absolute atomic E-state index is 11.6. The molecule has 0 bridgehead atoms. The lowest BCUT2D eigenvalue weighted by molar-refractivity contribution is 0.0740. The highest BCUT2D eigenvalue weighted by molar-refractivity contribution is 9.10. The number of rotatable bonds is 2. The highest BCUT2D eigenvalue weighted by atomic mass is 79.9. The number of thiophene rings is 1. The molecule has 0 saturated carbocycles. The predicted molar refractivity (Wildman–Crippen MR) is 63.4 cm³/mol. The zero-order valence-corrected chi connectivity index (χ0v) is 10.0. The molecule has 0 aliphatic carbocycles. The van der Waals surface area contributed by atoms with Crippen LogP contribution >= 0.6 is 27.3 Å². The van der Waals surface area contributed by atoms with Gasteiger partial charge in [-0.3, -0.25) is 0 Å². The molecular formula is C11H7BrO2S. The zero-order chi connectivity index (χ0) is 10.7. The van der Waals surface area contributed by atoms with Gasteiger partial charge in [0.15, 0.2) is 0 Å². The number of benzene rings is 1. The summed E-state index contributed by atoms with van der Waals surface area (Å²) < 4.78 is 6.07. The fourth-order valence-electron chi connectivity index (χ4n) is 1.08. The molecule has 0 aliphatic heterocycles. The van der Waals surface area contributed by atoms with E-state index in [4.69, 9.17) is 4.74 Å². The molecule has 0 amide bonds. The van der Waals surface area contributed by atoms with E-state index < -0.39 is 0 Å². The van der Waals surface area contributed by atoms with Gasteiger partial charge in [0.1, 0.15) is 10.6 Å². The lowest BCUT2D eigenvalue weighted by Crippen LogP contribution is -2.05. The normalized spacial score (nSPS) is 9.93. The van der Waals surface area contributed by atoms with Crippen LogP contribution in [0.3, 0.4) is 0 Å². The van der Waals surface area contributed by atoms with E-state index >= 15 is 0 Å². The van der Waals surface area contributed by atoms with Crippen LogP contribution in [0.2, 0.25) is 0 Å². The van der Waals surface area contributed by atoms with Crippen LogP contribution < -0.4 is 4.74 Å². The van der Waals surface area contributed by atoms with Gasteiger partial charge in [-0.1, -0.05) is 28.1 Å². The summed E-state index contributed by atoms with van der Waals surface area (Å²) >= 11 is 4.68. The molecular weight excluding hydrogens is 276 g/mol. The van der Waals surface area contributed by atoms with Crippen molar-refractivity contribution in [1.82, 2.24) is 0 Å². The summed E-state index contributed by atoms with van der Waals surface area (Å²) in [7, 11) is 0. The van der Waals surface area contributed by atoms with Gasteiger partial charge >= 0.3 is 5.97 Å². The molecule has 2 rings (SSSR count). The van der Waals surface area contributed by atoms with E-state index in [1.165, 1.54) is 11.3 Å². The van der Waals surface area contributed by atoms with Crippen LogP contribution in [-0.2, 0) is 0 Å². The molecule has 0 spiro atoms. The molecule has 1 aromatic heterocycles. The number of esters is 1. The monoisotopic (exact) mass is 282 g/mol. The van der Waals surface area contributed by atoms with Gasteiger partial charge in [0.05, 0.1) is 0 Å². The first-order valence-electron chi connectivity index (χ1n) is 4.27. The smallest absolute Gasteiger partial charge is 0.353 e. The van der Waals surface area contributed by atoms with Crippen LogP contribution in [0.25, 0.3) is 0 Å². The van der Waals surface area contributed by atoms with Crippen molar-refractivity contribution in [2.45, 2.75) is 0 Å². The Labute approximate surface area is 99.6 Å². The van der Waals surface area contributed by atoms with Crippen molar-refractivity contribution in [3.8, 4) is 5.75 Å². The summed E-state index contributed by atoms with van der Waals surface area (Å²) in [5.41, 5.74) is 0. The maximum atomic E-state index is 11.6. The van der Waals surface area contributed by atoms with E-state index in [-0.39, 0.29) is 5.97 Å². The van der Waals surface area contributed by atoms with Gasteiger partial charge in [-0.15, -0.1) is 11.3 Å². The van der Waals surface area contributed by atoms with Gasteiger partial charge < -0.3 is 4.74 Å². The van der Waals surface area contributed by atoms with Crippen LogP contribution in [0.1, 0.15) is 9.67 Å². The summed E-state index contributed by atoms with van der Waals surface area (Å²) in [6.07, 6.45) is 0. The molecule has 2 aromatic rings. The summed E-state index contributed by atoms with van der Waals surface area (Å²) in [5.74, 6) is 0.228. The highest BCUT2D eigenvalue weighted by Crippen LogP contribution is 2.19. The third kappa shape index (κ3) is 2.67. The molecule has 1 heterocycles. The molecule has 15 heavy (non-hydrogen) atoms. The average molecular weight is 283 g/mol. The molecule has 0 saturated heterocycles. The SMILES string of the molecule is O=C(Oc1cccc(Br)c1)c1cccs1. The highest BCUT2D eigenvalue weighted by Gasteiger charge is 2.08. The summed E-state index contributed by atoms with van der Waals surface area (Å²) in [5, 5.41) is 1.84. The van der Waals surface area contributed by atoms with Crippen LogP contribution in [0.15, 0.2) is 46.3 Å². The number of hydrogen-bond donors (Lipinski definition) is 0. The molecule has 0 N–H and O–H groups in total. The Kier molecular flexibility index (Phi) is 3.18. The fraction of sp³-hybridized carbons (Fsp3) is 0. The Morgan fingerprint density at radius 3 is 2.80 bits per heavy atom. The minimum atomic E-state index is -0.317. The van der Waals surface area contributed by atoms with Crippen LogP contribution in [0.4, 0.5) is 0 Å². The molecule has 0 fully saturated rings. The van der Waals surface area contributed by atoms with E-state index in [1.807, 2.05) is 23.6 Å². The van der Waals surface area contributed by atoms with Crippen molar-refractivity contribution in [2.75, 3.05) is 0 Å².